The van der Waals surface area contributed by atoms with Crippen molar-refractivity contribution in [2.45, 2.75) is 4.90 Å². The predicted molar refractivity (Wildman–Crippen MR) is 105 cm³/mol. The Morgan fingerprint density at radius 1 is 0.731 bits per heavy atom. The van der Waals surface area contributed by atoms with Gasteiger partial charge in [-0.3, -0.25) is 4.79 Å². The van der Waals surface area contributed by atoms with Gasteiger partial charge in [0.05, 0.1) is 4.90 Å². The minimum atomic E-state index is -3.29. The number of rotatable bonds is 5. The van der Waals surface area contributed by atoms with Gasteiger partial charge in [-0.15, -0.1) is 0 Å². The molecule has 0 aliphatic heterocycles. The Morgan fingerprint density at radius 3 is 1.81 bits per heavy atom. The standard InChI is InChI=1S/C22H18O3S/c1-26(24,25)20-14-12-19(13-15-20)22(23)21(18-10-6-3-7-11-18)16-17-8-4-2-5-9-17/h2-16H,1H3/b21-16-. The highest BCUT2D eigenvalue weighted by molar-refractivity contribution is 7.90. The lowest BCUT2D eigenvalue weighted by Gasteiger charge is -2.09. The van der Waals surface area contributed by atoms with E-state index in [4.69, 9.17) is 0 Å². The molecule has 3 aromatic rings. The zero-order valence-corrected chi connectivity index (χ0v) is 15.1. The fourth-order valence-electron chi connectivity index (χ4n) is 2.62. The smallest absolute Gasteiger partial charge is 0.193 e. The van der Waals surface area contributed by atoms with Gasteiger partial charge in [0.1, 0.15) is 0 Å². The summed E-state index contributed by atoms with van der Waals surface area (Å²) >= 11 is 0. The van der Waals surface area contributed by atoms with Crippen molar-refractivity contribution >= 4 is 27.3 Å². The summed E-state index contributed by atoms with van der Waals surface area (Å²) in [6, 6.07) is 25.1. The second kappa shape index (κ2) is 7.50. The van der Waals surface area contributed by atoms with E-state index in [0.29, 0.717) is 11.1 Å². The van der Waals surface area contributed by atoms with Crippen LogP contribution in [0.4, 0.5) is 0 Å². The maximum atomic E-state index is 13.1. The Labute approximate surface area is 153 Å². The maximum Gasteiger partial charge on any atom is 0.193 e. The molecule has 0 aromatic heterocycles. The van der Waals surface area contributed by atoms with Crippen molar-refractivity contribution in [2.24, 2.45) is 0 Å². The molecule has 0 fully saturated rings. The molecule has 26 heavy (non-hydrogen) atoms. The molecule has 0 saturated carbocycles. The van der Waals surface area contributed by atoms with Crippen LogP contribution >= 0.6 is 0 Å². The Morgan fingerprint density at radius 2 is 1.27 bits per heavy atom. The Hall–Kier alpha value is -2.98. The van der Waals surface area contributed by atoms with Gasteiger partial charge in [-0.05, 0) is 41.5 Å². The fraction of sp³-hybridized carbons (Fsp3) is 0.0455. The van der Waals surface area contributed by atoms with Crippen molar-refractivity contribution < 1.29 is 13.2 Å². The lowest BCUT2D eigenvalue weighted by Crippen LogP contribution is -2.04. The number of hydrogen-bond donors (Lipinski definition) is 0. The lowest BCUT2D eigenvalue weighted by molar-refractivity contribution is 0.105. The summed E-state index contributed by atoms with van der Waals surface area (Å²) < 4.78 is 23.2. The van der Waals surface area contributed by atoms with Crippen LogP contribution in [0.25, 0.3) is 11.6 Å². The van der Waals surface area contributed by atoms with E-state index in [-0.39, 0.29) is 10.7 Å². The first-order valence-electron chi connectivity index (χ1n) is 8.12. The van der Waals surface area contributed by atoms with Crippen molar-refractivity contribution in [3.05, 3.63) is 102 Å². The van der Waals surface area contributed by atoms with Gasteiger partial charge >= 0.3 is 0 Å². The molecule has 0 saturated heterocycles. The van der Waals surface area contributed by atoms with Crippen LogP contribution in [-0.4, -0.2) is 20.5 Å². The molecule has 0 aliphatic carbocycles. The molecule has 3 aromatic carbocycles. The topological polar surface area (TPSA) is 51.2 Å². The van der Waals surface area contributed by atoms with Crippen LogP contribution < -0.4 is 0 Å². The van der Waals surface area contributed by atoms with Gasteiger partial charge in [0.15, 0.2) is 15.6 Å². The maximum absolute atomic E-state index is 13.1. The van der Waals surface area contributed by atoms with Crippen molar-refractivity contribution in [1.82, 2.24) is 0 Å². The van der Waals surface area contributed by atoms with E-state index in [0.717, 1.165) is 17.4 Å². The number of carbonyl (C=O) groups is 1. The number of sulfone groups is 1. The van der Waals surface area contributed by atoms with E-state index in [9.17, 15) is 13.2 Å². The Kier molecular flexibility index (Phi) is 5.14. The van der Waals surface area contributed by atoms with Crippen LogP contribution in [0, 0.1) is 0 Å². The van der Waals surface area contributed by atoms with E-state index in [2.05, 4.69) is 0 Å². The molecular formula is C22H18O3S. The zero-order chi connectivity index (χ0) is 18.6. The Bertz CT molecular complexity index is 1030. The highest BCUT2D eigenvalue weighted by Crippen LogP contribution is 2.23. The van der Waals surface area contributed by atoms with E-state index in [1.165, 1.54) is 12.1 Å². The van der Waals surface area contributed by atoms with Crippen LogP contribution in [0.5, 0.6) is 0 Å². The third kappa shape index (κ3) is 4.16. The Balaban J connectivity index is 2.05. The summed E-state index contributed by atoms with van der Waals surface area (Å²) in [6.07, 6.45) is 3.00. The third-order valence-corrected chi connectivity index (χ3v) is 5.11. The normalized spacial score (nSPS) is 12.0. The second-order valence-electron chi connectivity index (χ2n) is 5.96. The number of allylic oxidation sites excluding steroid dienone is 1. The molecule has 0 unspecified atom stereocenters. The van der Waals surface area contributed by atoms with Crippen LogP contribution in [0.1, 0.15) is 21.5 Å². The van der Waals surface area contributed by atoms with Gasteiger partial charge in [-0.25, -0.2) is 8.42 Å². The summed E-state index contributed by atoms with van der Waals surface area (Å²) in [4.78, 5) is 13.3. The molecule has 130 valence electrons. The minimum absolute atomic E-state index is 0.153. The zero-order valence-electron chi connectivity index (χ0n) is 14.3. The molecule has 0 N–H and O–H groups in total. The van der Waals surface area contributed by atoms with Crippen LogP contribution in [0.3, 0.4) is 0 Å². The summed E-state index contributed by atoms with van der Waals surface area (Å²) in [6.45, 7) is 0. The van der Waals surface area contributed by atoms with E-state index in [1.54, 1.807) is 12.1 Å². The molecule has 0 spiro atoms. The highest BCUT2D eigenvalue weighted by atomic mass is 32.2. The average Bonchev–Trinajstić information content (AvgIpc) is 2.66. The summed E-state index contributed by atoms with van der Waals surface area (Å²) in [5, 5.41) is 0. The number of hydrogen-bond acceptors (Lipinski definition) is 3. The van der Waals surface area contributed by atoms with Gasteiger partial charge < -0.3 is 0 Å². The molecule has 0 amide bonds. The average molecular weight is 362 g/mol. The first kappa shape index (κ1) is 17.8. The first-order valence-corrected chi connectivity index (χ1v) is 10.0. The molecule has 4 heteroatoms. The minimum Gasteiger partial charge on any atom is -0.289 e. The molecule has 3 nitrogen and oxygen atoms in total. The van der Waals surface area contributed by atoms with Gasteiger partial charge in [0, 0.05) is 17.4 Å². The van der Waals surface area contributed by atoms with E-state index < -0.39 is 9.84 Å². The van der Waals surface area contributed by atoms with Crippen LogP contribution in [-0.2, 0) is 9.84 Å². The largest absolute Gasteiger partial charge is 0.289 e. The van der Waals surface area contributed by atoms with Gasteiger partial charge in [-0.2, -0.15) is 0 Å². The number of Topliss-reactive ketones (excluding diaryl/α,β-unsaturated/α-hetero) is 1. The molecule has 0 bridgehead atoms. The van der Waals surface area contributed by atoms with Gasteiger partial charge in [0.2, 0.25) is 0 Å². The van der Waals surface area contributed by atoms with Gasteiger partial charge in [-0.1, -0.05) is 60.7 Å². The lowest BCUT2D eigenvalue weighted by atomic mass is 9.95. The monoisotopic (exact) mass is 362 g/mol. The predicted octanol–water partition coefficient (Wildman–Crippen LogP) is 4.51. The van der Waals surface area contributed by atoms with Crippen LogP contribution in [0.15, 0.2) is 89.8 Å². The third-order valence-electron chi connectivity index (χ3n) is 3.98. The SMILES string of the molecule is CS(=O)(=O)c1ccc(C(=O)/C(=C\c2ccccc2)c2ccccc2)cc1. The molecule has 0 radical (unpaired) electrons. The van der Waals surface area contributed by atoms with Crippen molar-refractivity contribution in [2.75, 3.05) is 6.26 Å². The number of benzene rings is 3. The molecule has 0 aliphatic rings. The summed E-state index contributed by atoms with van der Waals surface area (Å²) in [7, 11) is -3.29. The number of carbonyl (C=O) groups excluding carboxylic acids is 1. The number of ketones is 1. The second-order valence-corrected chi connectivity index (χ2v) is 7.98. The van der Waals surface area contributed by atoms with Crippen molar-refractivity contribution in [3.63, 3.8) is 0 Å². The van der Waals surface area contributed by atoms with Crippen molar-refractivity contribution in [3.8, 4) is 0 Å². The summed E-state index contributed by atoms with van der Waals surface area (Å²) in [5.74, 6) is -0.153. The van der Waals surface area contributed by atoms with E-state index in [1.807, 2.05) is 66.7 Å². The van der Waals surface area contributed by atoms with Crippen molar-refractivity contribution in [1.29, 1.82) is 0 Å². The molecular weight excluding hydrogens is 344 g/mol. The highest BCUT2D eigenvalue weighted by Gasteiger charge is 2.16. The summed E-state index contributed by atoms with van der Waals surface area (Å²) in [5.41, 5.74) is 2.74. The van der Waals surface area contributed by atoms with E-state index >= 15 is 0 Å². The molecule has 0 heterocycles. The quantitative estimate of drug-likeness (QED) is 0.381. The molecule has 3 rings (SSSR count). The van der Waals surface area contributed by atoms with Gasteiger partial charge in [0.25, 0.3) is 0 Å². The van der Waals surface area contributed by atoms with Crippen LogP contribution in [0.2, 0.25) is 0 Å². The molecule has 0 atom stereocenters. The fourth-order valence-corrected chi connectivity index (χ4v) is 3.25. The first-order chi connectivity index (χ1) is 12.4.